The van der Waals surface area contributed by atoms with Crippen LogP contribution in [0.2, 0.25) is 0 Å². The number of nitrogens with zero attached hydrogens (tertiary/aromatic N) is 2. The molecule has 2 rings (SSSR count). The second-order valence-corrected chi connectivity index (χ2v) is 7.48. The fourth-order valence-corrected chi connectivity index (χ4v) is 3.52. The van der Waals surface area contributed by atoms with Crippen LogP contribution in [0.25, 0.3) is 0 Å². The molecule has 1 atom stereocenters. The monoisotopic (exact) mass is 391 g/mol. The van der Waals surface area contributed by atoms with Crippen molar-refractivity contribution in [2.75, 3.05) is 33.3 Å². The minimum Gasteiger partial charge on any atom is -0.494 e. The van der Waals surface area contributed by atoms with E-state index in [9.17, 15) is 9.59 Å². The quantitative estimate of drug-likeness (QED) is 0.712. The van der Waals surface area contributed by atoms with Crippen molar-refractivity contribution in [1.29, 1.82) is 0 Å². The largest absolute Gasteiger partial charge is 0.494 e. The zero-order chi connectivity index (χ0) is 20.5. The number of hydrogen-bond acceptors (Lipinski definition) is 4. The van der Waals surface area contributed by atoms with Gasteiger partial charge >= 0.3 is 12.0 Å². The SMILES string of the molecule is CCCOc1ccc(CNC(=O)N2CCCC(N(C)CC(=O)O)CC2)c(C)c1. The Labute approximate surface area is 167 Å². The van der Waals surface area contributed by atoms with Crippen molar-refractivity contribution >= 4 is 12.0 Å². The summed E-state index contributed by atoms with van der Waals surface area (Å²) in [5, 5.41) is 12.0. The highest BCUT2D eigenvalue weighted by Gasteiger charge is 2.23. The van der Waals surface area contributed by atoms with Gasteiger partial charge in [0.2, 0.25) is 0 Å². The summed E-state index contributed by atoms with van der Waals surface area (Å²) in [4.78, 5) is 27.2. The smallest absolute Gasteiger partial charge is 0.317 e. The highest BCUT2D eigenvalue weighted by molar-refractivity contribution is 5.74. The molecule has 1 aliphatic rings. The van der Waals surface area contributed by atoms with Gasteiger partial charge in [-0.3, -0.25) is 9.69 Å². The number of carboxylic acids is 1. The molecule has 2 N–H and O–H groups in total. The Morgan fingerprint density at radius 3 is 2.79 bits per heavy atom. The summed E-state index contributed by atoms with van der Waals surface area (Å²) >= 11 is 0. The number of likely N-dealkylation sites (N-methyl/N-ethyl adjacent to an activating group) is 1. The van der Waals surface area contributed by atoms with Crippen LogP contribution in [0.5, 0.6) is 5.75 Å². The number of aliphatic carboxylic acids is 1. The Bertz CT molecular complexity index is 665. The molecular formula is C21H33N3O4. The summed E-state index contributed by atoms with van der Waals surface area (Å²) in [6.07, 6.45) is 3.55. The molecule has 1 aromatic rings. The first kappa shape index (κ1) is 22.0. The molecule has 1 saturated heterocycles. The average molecular weight is 392 g/mol. The molecule has 0 saturated carbocycles. The number of aryl methyl sites for hydroxylation is 1. The maximum absolute atomic E-state index is 12.6. The van der Waals surface area contributed by atoms with E-state index in [1.807, 2.05) is 42.0 Å². The molecule has 7 heteroatoms. The van der Waals surface area contributed by atoms with Gasteiger partial charge in [0.25, 0.3) is 0 Å². The summed E-state index contributed by atoms with van der Waals surface area (Å²) in [6, 6.07) is 6.09. The molecule has 1 fully saturated rings. The van der Waals surface area contributed by atoms with Crippen LogP contribution >= 0.6 is 0 Å². The topological polar surface area (TPSA) is 82.1 Å². The molecule has 0 aliphatic carbocycles. The Morgan fingerprint density at radius 1 is 1.32 bits per heavy atom. The van der Waals surface area contributed by atoms with Crippen LogP contribution in [0, 0.1) is 6.92 Å². The summed E-state index contributed by atoms with van der Waals surface area (Å²) in [5.41, 5.74) is 2.17. The lowest BCUT2D eigenvalue weighted by atomic mass is 10.1. The number of rotatable bonds is 8. The third kappa shape index (κ3) is 6.71. The van der Waals surface area contributed by atoms with Crippen molar-refractivity contribution < 1.29 is 19.4 Å². The van der Waals surface area contributed by atoms with Crippen LogP contribution in [0.3, 0.4) is 0 Å². The Hall–Kier alpha value is -2.28. The lowest BCUT2D eigenvalue weighted by Gasteiger charge is -2.25. The fourth-order valence-electron chi connectivity index (χ4n) is 3.52. The van der Waals surface area contributed by atoms with E-state index in [-0.39, 0.29) is 18.6 Å². The molecular weight excluding hydrogens is 358 g/mol. The van der Waals surface area contributed by atoms with E-state index in [1.165, 1.54) is 0 Å². The lowest BCUT2D eigenvalue weighted by molar-refractivity contribution is -0.138. The fraction of sp³-hybridized carbons (Fsp3) is 0.619. The van der Waals surface area contributed by atoms with Crippen LogP contribution in [-0.4, -0.2) is 66.2 Å². The van der Waals surface area contributed by atoms with Gasteiger partial charge in [0.15, 0.2) is 0 Å². The van der Waals surface area contributed by atoms with Crippen LogP contribution in [0.15, 0.2) is 18.2 Å². The van der Waals surface area contributed by atoms with Crippen molar-refractivity contribution in [2.45, 2.75) is 52.1 Å². The Morgan fingerprint density at radius 2 is 2.11 bits per heavy atom. The molecule has 156 valence electrons. The van der Waals surface area contributed by atoms with Crippen LogP contribution in [-0.2, 0) is 11.3 Å². The number of ether oxygens (including phenoxy) is 1. The molecule has 2 amide bonds. The van der Waals surface area contributed by atoms with Crippen molar-refractivity contribution in [3.05, 3.63) is 29.3 Å². The summed E-state index contributed by atoms with van der Waals surface area (Å²) in [5.74, 6) is 0.0429. The zero-order valence-electron chi connectivity index (χ0n) is 17.2. The van der Waals surface area contributed by atoms with Gasteiger partial charge in [-0.15, -0.1) is 0 Å². The number of likely N-dealkylation sites (tertiary alicyclic amines) is 1. The second-order valence-electron chi connectivity index (χ2n) is 7.48. The van der Waals surface area contributed by atoms with E-state index in [1.54, 1.807) is 0 Å². The standard InChI is InChI=1S/C21H33N3O4/c1-4-12-28-19-8-7-17(16(2)13-19)14-22-21(27)24-10-5-6-18(9-11-24)23(3)15-20(25)26/h7-8,13,18H,4-6,9-12,14-15H2,1-3H3,(H,22,27)(H,25,26). The maximum Gasteiger partial charge on any atom is 0.317 e. The van der Waals surface area contributed by atoms with Crippen molar-refractivity contribution in [3.63, 3.8) is 0 Å². The predicted molar refractivity (Wildman–Crippen MR) is 109 cm³/mol. The summed E-state index contributed by atoms with van der Waals surface area (Å²) < 4.78 is 5.64. The van der Waals surface area contributed by atoms with Gasteiger partial charge in [0.1, 0.15) is 5.75 Å². The Balaban J connectivity index is 1.84. The summed E-state index contributed by atoms with van der Waals surface area (Å²) in [7, 11) is 1.84. The number of urea groups is 1. The first-order valence-corrected chi connectivity index (χ1v) is 10.1. The third-order valence-corrected chi connectivity index (χ3v) is 5.21. The van der Waals surface area contributed by atoms with Crippen LogP contribution < -0.4 is 10.1 Å². The van der Waals surface area contributed by atoms with Gasteiger partial charge in [-0.1, -0.05) is 13.0 Å². The van der Waals surface area contributed by atoms with Crippen molar-refractivity contribution in [2.24, 2.45) is 0 Å². The number of nitrogens with one attached hydrogen (secondary N) is 1. The molecule has 28 heavy (non-hydrogen) atoms. The van der Waals surface area contributed by atoms with Gasteiger partial charge in [-0.05, 0) is 62.9 Å². The van der Waals surface area contributed by atoms with E-state index in [4.69, 9.17) is 9.84 Å². The maximum atomic E-state index is 12.6. The molecule has 1 heterocycles. The molecule has 0 bridgehead atoms. The number of carbonyl (C=O) groups excluding carboxylic acids is 1. The highest BCUT2D eigenvalue weighted by Crippen LogP contribution is 2.18. The van der Waals surface area contributed by atoms with Crippen LogP contribution in [0.4, 0.5) is 4.79 Å². The number of carbonyl (C=O) groups is 2. The Kier molecular flexibility index (Phi) is 8.57. The van der Waals surface area contributed by atoms with Gasteiger partial charge in [0.05, 0.1) is 13.2 Å². The van der Waals surface area contributed by atoms with Gasteiger partial charge in [-0.25, -0.2) is 4.79 Å². The predicted octanol–water partition coefficient (Wildman–Crippen LogP) is 2.86. The highest BCUT2D eigenvalue weighted by atomic mass is 16.5. The first-order chi connectivity index (χ1) is 13.4. The number of benzene rings is 1. The second kappa shape index (κ2) is 10.9. The normalized spacial score (nSPS) is 17.3. The number of amides is 2. The van der Waals surface area contributed by atoms with E-state index >= 15 is 0 Å². The molecule has 0 aromatic heterocycles. The number of carboxylic acid groups (broad SMARTS) is 1. The molecule has 1 unspecified atom stereocenters. The minimum atomic E-state index is -0.817. The molecule has 1 aromatic carbocycles. The van der Waals surface area contributed by atoms with E-state index < -0.39 is 5.97 Å². The van der Waals surface area contributed by atoms with E-state index in [0.29, 0.717) is 26.2 Å². The van der Waals surface area contributed by atoms with Gasteiger partial charge < -0.3 is 20.1 Å². The van der Waals surface area contributed by atoms with Crippen molar-refractivity contribution in [1.82, 2.24) is 15.1 Å². The molecule has 7 nitrogen and oxygen atoms in total. The first-order valence-electron chi connectivity index (χ1n) is 10.1. The van der Waals surface area contributed by atoms with E-state index in [2.05, 4.69) is 12.2 Å². The van der Waals surface area contributed by atoms with Gasteiger partial charge in [0, 0.05) is 25.7 Å². The van der Waals surface area contributed by atoms with Crippen LogP contribution in [0.1, 0.15) is 43.7 Å². The van der Waals surface area contributed by atoms with Crippen molar-refractivity contribution in [3.8, 4) is 5.75 Å². The van der Waals surface area contributed by atoms with E-state index in [0.717, 1.165) is 42.6 Å². The lowest BCUT2D eigenvalue weighted by Crippen LogP contribution is -2.41. The molecule has 1 aliphatic heterocycles. The third-order valence-electron chi connectivity index (χ3n) is 5.21. The zero-order valence-corrected chi connectivity index (χ0v) is 17.2. The molecule has 0 spiro atoms. The minimum absolute atomic E-state index is 0.0358. The summed E-state index contributed by atoms with van der Waals surface area (Å²) in [6.45, 7) is 6.66. The average Bonchev–Trinajstić information content (AvgIpc) is 2.91. The van der Waals surface area contributed by atoms with Gasteiger partial charge in [-0.2, -0.15) is 0 Å². The number of hydrogen-bond donors (Lipinski definition) is 2. The molecule has 0 radical (unpaired) electrons.